The summed E-state index contributed by atoms with van der Waals surface area (Å²) in [6.45, 7) is 9.54. The summed E-state index contributed by atoms with van der Waals surface area (Å²) in [6, 6.07) is 19.6. The summed E-state index contributed by atoms with van der Waals surface area (Å²) >= 11 is 0. The van der Waals surface area contributed by atoms with E-state index in [0.717, 1.165) is 17.2 Å². The number of nitrogens with zero attached hydrogens (tertiary/aromatic N) is 1. The summed E-state index contributed by atoms with van der Waals surface area (Å²) in [5, 5.41) is 11.5. The first-order chi connectivity index (χ1) is 17.6. The Bertz CT molecular complexity index is 999. The minimum atomic E-state index is -1.40. The molecule has 0 unspecified atom stereocenters. The van der Waals surface area contributed by atoms with Gasteiger partial charge in [0.05, 0.1) is 19.2 Å². The second-order valence-electron chi connectivity index (χ2n) is 11.2. The molecular formula is C28H39NO7Si. The monoisotopic (exact) mass is 529 g/mol. The predicted octanol–water partition coefficient (Wildman–Crippen LogP) is 4.57. The SMILES string of the molecule is C[C@@]1(O)CN(C(=O)OCc2ccccc2)[C@@H]2CO[C@@H](c3ccccc3)O[C@H]2[C@@H]1OCOCC[Si](C)(C)C. The molecule has 5 atom stereocenters. The van der Waals surface area contributed by atoms with Crippen LogP contribution < -0.4 is 0 Å². The Morgan fingerprint density at radius 3 is 2.46 bits per heavy atom. The number of benzene rings is 2. The number of rotatable bonds is 9. The van der Waals surface area contributed by atoms with E-state index in [9.17, 15) is 9.90 Å². The van der Waals surface area contributed by atoms with Crippen molar-refractivity contribution in [1.82, 2.24) is 4.90 Å². The Hall–Kier alpha value is -2.27. The van der Waals surface area contributed by atoms with Gasteiger partial charge in [-0.3, -0.25) is 4.90 Å². The van der Waals surface area contributed by atoms with Crippen LogP contribution in [0.3, 0.4) is 0 Å². The van der Waals surface area contributed by atoms with Gasteiger partial charge in [-0.25, -0.2) is 4.79 Å². The van der Waals surface area contributed by atoms with Crippen molar-refractivity contribution in [2.45, 2.75) is 69.4 Å². The van der Waals surface area contributed by atoms with E-state index in [1.807, 2.05) is 60.7 Å². The molecule has 1 N–H and O–H groups in total. The van der Waals surface area contributed by atoms with Gasteiger partial charge in [-0.05, 0) is 18.5 Å². The fourth-order valence-corrected chi connectivity index (χ4v) is 5.38. The third-order valence-electron chi connectivity index (χ3n) is 6.72. The van der Waals surface area contributed by atoms with Crippen LogP contribution in [0, 0.1) is 0 Å². The lowest BCUT2D eigenvalue weighted by atomic mass is 9.84. The molecule has 2 aliphatic heterocycles. The molecule has 0 aromatic heterocycles. The zero-order valence-electron chi connectivity index (χ0n) is 22.2. The zero-order chi connectivity index (χ0) is 26.5. The first kappa shape index (κ1) is 27.8. The van der Waals surface area contributed by atoms with Gasteiger partial charge in [0.15, 0.2) is 6.29 Å². The Kier molecular flexibility index (Phi) is 9.05. The van der Waals surface area contributed by atoms with Crippen LogP contribution in [0.2, 0.25) is 25.7 Å². The summed E-state index contributed by atoms with van der Waals surface area (Å²) in [5.74, 6) is 0. The lowest BCUT2D eigenvalue weighted by Crippen LogP contribution is -2.71. The van der Waals surface area contributed by atoms with Crippen molar-refractivity contribution in [3.63, 3.8) is 0 Å². The van der Waals surface area contributed by atoms with Crippen LogP contribution in [0.5, 0.6) is 0 Å². The summed E-state index contributed by atoms with van der Waals surface area (Å²) in [4.78, 5) is 14.7. The number of hydrogen-bond acceptors (Lipinski definition) is 7. The molecule has 0 bridgehead atoms. The van der Waals surface area contributed by atoms with E-state index in [1.54, 1.807) is 6.92 Å². The van der Waals surface area contributed by atoms with E-state index in [1.165, 1.54) is 4.90 Å². The standard InChI is InChI=1S/C28H39NO7Si/c1-28(31)19-29(27(30)34-17-21-11-7-5-8-12-21)23-18-33-26(22-13-9-6-10-14-22)36-24(23)25(28)35-20-32-15-16-37(2,3)4/h5-14,23-26,31H,15-20H2,1-4H3/t23-,24-,25+,26-,28-/m1/s1. The Morgan fingerprint density at radius 1 is 1.11 bits per heavy atom. The molecule has 1 amide bonds. The van der Waals surface area contributed by atoms with Crippen molar-refractivity contribution in [3.8, 4) is 0 Å². The van der Waals surface area contributed by atoms with Gasteiger partial charge in [0.25, 0.3) is 0 Å². The van der Waals surface area contributed by atoms with Crippen LogP contribution in [0.15, 0.2) is 60.7 Å². The third-order valence-corrected chi connectivity index (χ3v) is 8.42. The fraction of sp³-hybridized carbons (Fsp3) is 0.536. The normalized spacial score (nSPS) is 28.0. The molecule has 2 aromatic carbocycles. The van der Waals surface area contributed by atoms with Crippen molar-refractivity contribution in [3.05, 3.63) is 71.8 Å². The van der Waals surface area contributed by atoms with Crippen molar-refractivity contribution in [2.75, 3.05) is 26.6 Å². The summed E-state index contributed by atoms with van der Waals surface area (Å²) in [7, 11) is -1.23. The second-order valence-corrected chi connectivity index (χ2v) is 16.8. The number of amides is 1. The number of β-amino-alcohol motifs (C(OH)–C–C–N with tert-alkyl or cyclic N) is 1. The van der Waals surface area contributed by atoms with E-state index in [2.05, 4.69) is 19.6 Å². The molecule has 0 aliphatic carbocycles. The van der Waals surface area contributed by atoms with Crippen molar-refractivity contribution in [2.24, 2.45) is 0 Å². The first-order valence-corrected chi connectivity index (χ1v) is 16.6. The number of likely N-dealkylation sites (tertiary alicyclic amines) is 1. The highest BCUT2D eigenvalue weighted by Crippen LogP contribution is 2.38. The molecule has 2 aromatic rings. The van der Waals surface area contributed by atoms with Crippen LogP contribution in [-0.2, 0) is 30.3 Å². The van der Waals surface area contributed by atoms with E-state index in [4.69, 9.17) is 23.7 Å². The maximum absolute atomic E-state index is 13.2. The number of fused-ring (bicyclic) bond motifs is 1. The van der Waals surface area contributed by atoms with Gasteiger partial charge >= 0.3 is 6.09 Å². The molecular weight excluding hydrogens is 490 g/mol. The maximum Gasteiger partial charge on any atom is 0.410 e. The average molecular weight is 530 g/mol. The molecule has 2 aliphatic rings. The summed E-state index contributed by atoms with van der Waals surface area (Å²) in [5.41, 5.74) is 0.343. The first-order valence-electron chi connectivity index (χ1n) is 12.9. The lowest BCUT2D eigenvalue weighted by Gasteiger charge is -2.53. The van der Waals surface area contributed by atoms with Gasteiger partial charge in [0.1, 0.15) is 31.2 Å². The minimum absolute atomic E-state index is 0.0179. The number of piperidine rings is 1. The van der Waals surface area contributed by atoms with Gasteiger partial charge in [-0.1, -0.05) is 80.3 Å². The quantitative estimate of drug-likeness (QED) is 0.289. The molecule has 2 saturated heterocycles. The Balaban J connectivity index is 1.48. The maximum atomic E-state index is 13.2. The van der Waals surface area contributed by atoms with Gasteiger partial charge in [-0.15, -0.1) is 0 Å². The number of carbonyl (C=O) groups is 1. The number of aliphatic hydroxyl groups is 1. The summed E-state index contributed by atoms with van der Waals surface area (Å²) < 4.78 is 29.9. The molecule has 0 spiro atoms. The molecule has 2 heterocycles. The highest BCUT2D eigenvalue weighted by Gasteiger charge is 2.55. The zero-order valence-corrected chi connectivity index (χ0v) is 23.2. The van der Waals surface area contributed by atoms with Crippen LogP contribution >= 0.6 is 0 Å². The van der Waals surface area contributed by atoms with Gasteiger partial charge in [0.2, 0.25) is 0 Å². The lowest BCUT2D eigenvalue weighted by molar-refractivity contribution is -0.312. The Labute approximate surface area is 220 Å². The van der Waals surface area contributed by atoms with Crippen molar-refractivity contribution < 1.29 is 33.6 Å². The van der Waals surface area contributed by atoms with E-state index in [-0.39, 0.29) is 26.6 Å². The van der Waals surface area contributed by atoms with Gasteiger partial charge in [0, 0.05) is 20.2 Å². The molecule has 202 valence electrons. The molecule has 9 heteroatoms. The van der Waals surface area contributed by atoms with E-state index >= 15 is 0 Å². The minimum Gasteiger partial charge on any atom is -0.445 e. The van der Waals surface area contributed by atoms with E-state index < -0.39 is 44.3 Å². The van der Waals surface area contributed by atoms with Crippen molar-refractivity contribution >= 4 is 14.2 Å². The molecule has 8 nitrogen and oxygen atoms in total. The van der Waals surface area contributed by atoms with Crippen molar-refractivity contribution in [1.29, 1.82) is 0 Å². The molecule has 37 heavy (non-hydrogen) atoms. The smallest absolute Gasteiger partial charge is 0.410 e. The highest BCUT2D eigenvalue weighted by molar-refractivity contribution is 6.76. The van der Waals surface area contributed by atoms with Crippen LogP contribution in [0.1, 0.15) is 24.3 Å². The highest BCUT2D eigenvalue weighted by atomic mass is 28.3. The predicted molar refractivity (Wildman–Crippen MR) is 142 cm³/mol. The molecule has 0 radical (unpaired) electrons. The number of hydrogen-bond donors (Lipinski definition) is 1. The topological polar surface area (TPSA) is 86.7 Å². The molecule has 2 fully saturated rings. The van der Waals surface area contributed by atoms with Crippen LogP contribution in [0.4, 0.5) is 4.79 Å². The van der Waals surface area contributed by atoms with Gasteiger partial charge < -0.3 is 28.8 Å². The van der Waals surface area contributed by atoms with Crippen LogP contribution in [-0.4, -0.2) is 74.6 Å². The Morgan fingerprint density at radius 2 is 1.78 bits per heavy atom. The summed E-state index contributed by atoms with van der Waals surface area (Å²) in [6.07, 6.45) is -2.54. The molecule has 0 saturated carbocycles. The largest absolute Gasteiger partial charge is 0.445 e. The average Bonchev–Trinajstić information content (AvgIpc) is 2.88. The number of carbonyl (C=O) groups excluding carboxylic acids is 1. The third kappa shape index (κ3) is 7.40. The number of ether oxygens (including phenoxy) is 5. The van der Waals surface area contributed by atoms with Crippen LogP contribution in [0.25, 0.3) is 0 Å². The molecule has 4 rings (SSSR count). The fourth-order valence-electron chi connectivity index (χ4n) is 4.62. The second kappa shape index (κ2) is 12.1. The van der Waals surface area contributed by atoms with Gasteiger partial charge in [-0.2, -0.15) is 0 Å². The van der Waals surface area contributed by atoms with E-state index in [0.29, 0.717) is 6.61 Å².